The lowest BCUT2D eigenvalue weighted by atomic mass is 10.1. The zero-order valence-corrected chi connectivity index (χ0v) is 16.4. The van der Waals surface area contributed by atoms with E-state index in [1.165, 1.54) is 0 Å². The van der Waals surface area contributed by atoms with Crippen LogP contribution < -0.4 is 20.9 Å². The van der Waals surface area contributed by atoms with Gasteiger partial charge in [-0.3, -0.25) is 0 Å². The molecule has 6 nitrogen and oxygen atoms in total. The van der Waals surface area contributed by atoms with Crippen LogP contribution in [0, 0.1) is 0 Å². The molecule has 0 aliphatic rings. The molecule has 2 aromatic carbocycles. The Kier molecular flexibility index (Phi) is 6.55. The second-order valence-corrected chi connectivity index (χ2v) is 6.61. The van der Waals surface area contributed by atoms with Crippen LogP contribution in [-0.4, -0.2) is 23.2 Å². The van der Waals surface area contributed by atoms with E-state index >= 15 is 0 Å². The van der Waals surface area contributed by atoms with Crippen LogP contribution in [-0.2, 0) is 6.42 Å². The maximum absolute atomic E-state index is 5.93. The quantitative estimate of drug-likeness (QED) is 0.547. The van der Waals surface area contributed by atoms with Crippen LogP contribution in [0.3, 0.4) is 0 Å². The zero-order valence-electron chi connectivity index (χ0n) is 15.7. The summed E-state index contributed by atoms with van der Waals surface area (Å²) < 4.78 is 11.5. The number of nitrogens with zero attached hydrogens (tertiary/aromatic N) is 2. The third-order valence-electron chi connectivity index (χ3n) is 4.15. The van der Waals surface area contributed by atoms with Gasteiger partial charge in [0.05, 0.1) is 18.9 Å². The van der Waals surface area contributed by atoms with E-state index in [1.807, 2.05) is 55.5 Å². The van der Waals surface area contributed by atoms with Gasteiger partial charge in [0.25, 0.3) is 0 Å². The molecule has 146 valence electrons. The average molecular weight is 399 g/mol. The number of hydrogen-bond acceptors (Lipinski definition) is 6. The van der Waals surface area contributed by atoms with Gasteiger partial charge in [0.15, 0.2) is 11.6 Å². The summed E-state index contributed by atoms with van der Waals surface area (Å²) >= 11 is 5.93. The average Bonchev–Trinajstić information content (AvgIpc) is 2.70. The minimum absolute atomic E-state index is 0.159. The van der Waals surface area contributed by atoms with Gasteiger partial charge >= 0.3 is 0 Å². The molecule has 0 aliphatic heterocycles. The van der Waals surface area contributed by atoms with Crippen molar-refractivity contribution in [2.45, 2.75) is 19.8 Å². The third kappa shape index (κ3) is 5.04. The van der Waals surface area contributed by atoms with Gasteiger partial charge in [-0.1, -0.05) is 42.8 Å². The summed E-state index contributed by atoms with van der Waals surface area (Å²) in [6.07, 6.45) is 1.37. The van der Waals surface area contributed by atoms with Crippen LogP contribution in [0.15, 0.2) is 48.5 Å². The highest BCUT2D eigenvalue weighted by molar-refractivity contribution is 6.30. The summed E-state index contributed by atoms with van der Waals surface area (Å²) in [5.41, 5.74) is 14.4. The molecule has 0 unspecified atom stereocenters. The molecule has 0 aliphatic carbocycles. The molecule has 1 heterocycles. The van der Waals surface area contributed by atoms with Gasteiger partial charge < -0.3 is 20.9 Å². The fourth-order valence-electron chi connectivity index (χ4n) is 2.74. The molecule has 0 spiro atoms. The monoisotopic (exact) mass is 398 g/mol. The van der Waals surface area contributed by atoms with E-state index in [1.54, 1.807) is 0 Å². The Hall–Kier alpha value is -2.99. The number of nitrogens with two attached hydrogens (primary N) is 2. The van der Waals surface area contributed by atoms with Crippen molar-refractivity contribution < 1.29 is 9.47 Å². The Morgan fingerprint density at radius 1 is 0.857 bits per heavy atom. The number of halogens is 1. The topological polar surface area (TPSA) is 96.3 Å². The van der Waals surface area contributed by atoms with E-state index in [9.17, 15) is 0 Å². The number of aryl methyl sites for hydroxylation is 1. The van der Waals surface area contributed by atoms with Gasteiger partial charge in [-0.25, -0.2) is 4.98 Å². The highest BCUT2D eigenvalue weighted by atomic mass is 35.5. The molecule has 0 amide bonds. The van der Waals surface area contributed by atoms with Gasteiger partial charge in [0.1, 0.15) is 5.75 Å². The van der Waals surface area contributed by atoms with Crippen LogP contribution in [0.4, 0.5) is 11.8 Å². The normalized spacial score (nSPS) is 10.6. The lowest BCUT2D eigenvalue weighted by Crippen LogP contribution is -2.11. The van der Waals surface area contributed by atoms with Crippen molar-refractivity contribution in [2.24, 2.45) is 0 Å². The second kappa shape index (κ2) is 9.28. The summed E-state index contributed by atoms with van der Waals surface area (Å²) in [7, 11) is 0. The van der Waals surface area contributed by atoms with Gasteiger partial charge in [0.2, 0.25) is 5.95 Å². The van der Waals surface area contributed by atoms with Crippen molar-refractivity contribution >= 4 is 23.4 Å². The fraction of sp³-hybridized carbons (Fsp3) is 0.238. The Balaban J connectivity index is 1.48. The predicted octanol–water partition coefficient (Wildman–Crippen LogP) is 4.37. The Morgan fingerprint density at radius 3 is 2.11 bits per heavy atom. The minimum Gasteiger partial charge on any atom is -0.493 e. The van der Waals surface area contributed by atoms with Crippen LogP contribution >= 0.6 is 11.6 Å². The molecule has 28 heavy (non-hydrogen) atoms. The van der Waals surface area contributed by atoms with Crippen molar-refractivity contribution in [3.05, 3.63) is 59.2 Å². The van der Waals surface area contributed by atoms with E-state index < -0.39 is 0 Å². The molecular weight excluding hydrogens is 376 g/mol. The standard InChI is InChI=1S/C21H23ClN4O2/c1-2-18-19(20(23)26-21(24)25-18)28-13-3-12-27-17-10-6-15(7-11-17)14-4-8-16(22)9-5-14/h4-11H,2-3,12-13H2,1H3,(H4,23,24,25,26). The largest absolute Gasteiger partial charge is 0.493 e. The molecule has 3 aromatic rings. The molecule has 0 bridgehead atoms. The highest BCUT2D eigenvalue weighted by Gasteiger charge is 2.11. The van der Waals surface area contributed by atoms with Crippen molar-refractivity contribution in [1.29, 1.82) is 0 Å². The summed E-state index contributed by atoms with van der Waals surface area (Å²) in [6, 6.07) is 15.7. The molecule has 0 radical (unpaired) electrons. The first-order valence-corrected chi connectivity index (χ1v) is 9.48. The SMILES string of the molecule is CCc1nc(N)nc(N)c1OCCCOc1ccc(-c2ccc(Cl)cc2)cc1. The van der Waals surface area contributed by atoms with Crippen LogP contribution in [0.5, 0.6) is 11.5 Å². The first-order valence-electron chi connectivity index (χ1n) is 9.10. The molecule has 1 aromatic heterocycles. The lowest BCUT2D eigenvalue weighted by molar-refractivity contribution is 0.246. The maximum Gasteiger partial charge on any atom is 0.222 e. The van der Waals surface area contributed by atoms with Crippen LogP contribution in [0.25, 0.3) is 11.1 Å². The Bertz CT molecular complexity index is 915. The van der Waals surface area contributed by atoms with E-state index in [2.05, 4.69) is 9.97 Å². The first kappa shape index (κ1) is 19.8. The number of benzene rings is 2. The van der Waals surface area contributed by atoms with E-state index in [0.717, 1.165) is 21.9 Å². The molecule has 4 N–H and O–H groups in total. The number of ether oxygens (including phenoxy) is 2. The Labute approximate surface area is 169 Å². The zero-order chi connectivity index (χ0) is 19.9. The van der Waals surface area contributed by atoms with Gasteiger partial charge in [-0.15, -0.1) is 0 Å². The second-order valence-electron chi connectivity index (χ2n) is 6.18. The molecule has 3 rings (SSSR count). The molecule has 0 fully saturated rings. The van der Waals surface area contributed by atoms with E-state index in [-0.39, 0.29) is 11.8 Å². The minimum atomic E-state index is 0.159. The molecule has 7 heteroatoms. The van der Waals surface area contributed by atoms with Crippen molar-refractivity contribution in [1.82, 2.24) is 9.97 Å². The van der Waals surface area contributed by atoms with Gasteiger partial charge in [-0.05, 0) is 41.8 Å². The van der Waals surface area contributed by atoms with Gasteiger partial charge in [0, 0.05) is 11.4 Å². The lowest BCUT2D eigenvalue weighted by Gasteiger charge is -2.12. The number of hydrogen-bond donors (Lipinski definition) is 2. The number of nitrogen functional groups attached to an aromatic ring is 2. The highest BCUT2D eigenvalue weighted by Crippen LogP contribution is 2.25. The van der Waals surface area contributed by atoms with Crippen molar-refractivity contribution in [3.8, 4) is 22.6 Å². The fourth-order valence-corrected chi connectivity index (χ4v) is 2.87. The predicted molar refractivity (Wildman–Crippen MR) is 113 cm³/mol. The van der Waals surface area contributed by atoms with Crippen molar-refractivity contribution in [3.63, 3.8) is 0 Å². The summed E-state index contributed by atoms with van der Waals surface area (Å²) in [5, 5.41) is 0.726. The van der Waals surface area contributed by atoms with E-state index in [4.69, 9.17) is 32.5 Å². The molecule has 0 saturated carbocycles. The molecular formula is C21H23ClN4O2. The Morgan fingerprint density at radius 2 is 1.46 bits per heavy atom. The summed E-state index contributed by atoms with van der Waals surface area (Å²) in [6.45, 7) is 2.94. The van der Waals surface area contributed by atoms with Gasteiger partial charge in [-0.2, -0.15) is 4.98 Å². The molecule has 0 saturated heterocycles. The van der Waals surface area contributed by atoms with Crippen molar-refractivity contribution in [2.75, 3.05) is 24.7 Å². The number of aromatic nitrogens is 2. The first-order chi connectivity index (χ1) is 13.6. The maximum atomic E-state index is 5.93. The smallest absolute Gasteiger partial charge is 0.222 e. The summed E-state index contributed by atoms with van der Waals surface area (Å²) in [5.74, 6) is 1.74. The third-order valence-corrected chi connectivity index (χ3v) is 4.40. The van der Waals surface area contributed by atoms with Crippen LogP contribution in [0.1, 0.15) is 19.0 Å². The van der Waals surface area contributed by atoms with Crippen LogP contribution in [0.2, 0.25) is 5.02 Å². The number of anilines is 2. The van der Waals surface area contributed by atoms with E-state index in [0.29, 0.717) is 37.5 Å². The number of rotatable bonds is 8. The molecule has 0 atom stereocenters. The summed E-state index contributed by atoms with van der Waals surface area (Å²) in [4.78, 5) is 8.11.